The van der Waals surface area contributed by atoms with Crippen molar-refractivity contribution in [2.24, 2.45) is 0 Å². The molecule has 41 heavy (non-hydrogen) atoms. The number of rotatable bonds is 6. The van der Waals surface area contributed by atoms with E-state index in [-0.39, 0.29) is 17.0 Å². The van der Waals surface area contributed by atoms with Crippen LogP contribution in [0.15, 0.2) is 18.3 Å². The van der Waals surface area contributed by atoms with Crippen molar-refractivity contribution in [2.45, 2.75) is 68.0 Å². The number of aryl methyl sites for hydroxylation is 3. The summed E-state index contributed by atoms with van der Waals surface area (Å²) in [5.74, 6) is -4.26. The molecule has 6 atom stereocenters. The van der Waals surface area contributed by atoms with Gasteiger partial charge in [0.15, 0.2) is 17.5 Å². The van der Waals surface area contributed by atoms with E-state index < -0.39 is 69.3 Å². The smallest absolute Gasteiger partial charge is 0.194 e. The van der Waals surface area contributed by atoms with Crippen LogP contribution in [0.3, 0.4) is 0 Å². The Hall–Kier alpha value is -2.62. The van der Waals surface area contributed by atoms with Crippen molar-refractivity contribution >= 4 is 10.9 Å². The van der Waals surface area contributed by atoms with E-state index in [4.69, 9.17) is 9.72 Å². The van der Waals surface area contributed by atoms with Gasteiger partial charge in [0.05, 0.1) is 58.6 Å². The average Bonchev–Trinajstić information content (AvgIpc) is 3.40. The number of aliphatic hydroxyl groups is 4. The van der Waals surface area contributed by atoms with E-state index in [1.54, 1.807) is 0 Å². The van der Waals surface area contributed by atoms with E-state index in [2.05, 4.69) is 15.3 Å². The van der Waals surface area contributed by atoms with E-state index in [1.807, 2.05) is 20.8 Å². The largest absolute Gasteiger partial charge is 0.395 e. The quantitative estimate of drug-likeness (QED) is 0.213. The average molecular weight is 598 g/mol. The third-order valence-electron chi connectivity index (χ3n) is 8.22. The summed E-state index contributed by atoms with van der Waals surface area (Å²) in [7, 11) is -1.49. The van der Waals surface area contributed by atoms with Gasteiger partial charge < -0.3 is 25.2 Å². The molecular weight excluding hydrogens is 563 g/mol. The summed E-state index contributed by atoms with van der Waals surface area (Å²) < 4.78 is 47.8. The van der Waals surface area contributed by atoms with Gasteiger partial charge in [0.1, 0.15) is 11.7 Å². The molecule has 4 N–H and O–H groups in total. The van der Waals surface area contributed by atoms with Crippen molar-refractivity contribution in [3.8, 4) is 11.3 Å². The lowest BCUT2D eigenvalue weighted by Crippen LogP contribution is -2.53. The Labute approximate surface area is 237 Å². The molecule has 0 aliphatic carbocycles. The molecule has 2 aliphatic heterocycles. The molecule has 0 bridgehead atoms. The molecule has 5 rings (SSSR count). The first-order valence-corrected chi connectivity index (χ1v) is 15.0. The van der Waals surface area contributed by atoms with Gasteiger partial charge in [-0.05, 0) is 32.9 Å². The second kappa shape index (κ2) is 11.6. The number of nitrogens with zero attached hydrogens (tertiary/aromatic N) is 5. The fourth-order valence-corrected chi connectivity index (χ4v) is 9.65. The van der Waals surface area contributed by atoms with Gasteiger partial charge in [-0.15, -0.1) is 5.10 Å². The molecule has 224 valence electrons. The maximum Gasteiger partial charge on any atom is 0.194 e. The van der Waals surface area contributed by atoms with E-state index >= 15 is 0 Å². The molecule has 1 unspecified atom stereocenters. The highest BCUT2D eigenvalue weighted by molar-refractivity contribution is 8.18. The van der Waals surface area contributed by atoms with E-state index in [9.17, 15) is 33.6 Å². The number of aliphatic hydroxyl groups excluding tert-OH is 3. The number of benzene rings is 1. The molecule has 4 heterocycles. The van der Waals surface area contributed by atoms with Crippen LogP contribution < -0.4 is 0 Å². The van der Waals surface area contributed by atoms with Gasteiger partial charge in [0, 0.05) is 42.6 Å². The zero-order chi connectivity index (χ0) is 29.6. The minimum absolute atomic E-state index is 0.00556. The van der Waals surface area contributed by atoms with Crippen molar-refractivity contribution in [1.82, 2.24) is 25.0 Å². The third-order valence-corrected chi connectivity index (χ3v) is 11.7. The first-order chi connectivity index (χ1) is 19.4. The summed E-state index contributed by atoms with van der Waals surface area (Å²) in [6.07, 6.45) is -0.573. The zero-order valence-corrected chi connectivity index (χ0v) is 23.8. The fourth-order valence-electron chi connectivity index (χ4n) is 5.92. The van der Waals surface area contributed by atoms with Gasteiger partial charge in [-0.2, -0.15) is 0 Å². The molecule has 10 nitrogen and oxygen atoms in total. The standard InChI is InChI=1S/C27H34F3N5O5S/c1-13-14(2)32-23(15(3)31-13)26(27(39)4-6-40-7-5-27)41-12-20(37)24(25(38)21(41)11-36)35-10-19(33-34-35)16-8-17(28)22(30)18(29)9-16/h8-10,20-21,24-26,36-39,41H,4-7,11-12H2,1-3H3/t20-,21+,24-,25-,26+/m0/s1. The lowest BCUT2D eigenvalue weighted by atomic mass is 9.88. The molecule has 0 amide bonds. The molecule has 1 aromatic carbocycles. The summed E-state index contributed by atoms with van der Waals surface area (Å²) in [6, 6.07) is 0.504. The van der Waals surface area contributed by atoms with Crippen LogP contribution in [0.2, 0.25) is 0 Å². The van der Waals surface area contributed by atoms with Crippen molar-refractivity contribution in [3.05, 3.63) is 58.6 Å². The summed E-state index contributed by atoms with van der Waals surface area (Å²) >= 11 is 0. The maximum absolute atomic E-state index is 13.8. The van der Waals surface area contributed by atoms with Crippen LogP contribution in [0.1, 0.15) is 46.9 Å². The molecule has 2 fully saturated rings. The van der Waals surface area contributed by atoms with Gasteiger partial charge >= 0.3 is 0 Å². The van der Waals surface area contributed by atoms with Crippen LogP contribution in [-0.2, 0) is 4.74 Å². The molecule has 14 heteroatoms. The molecule has 2 saturated heterocycles. The van der Waals surface area contributed by atoms with Crippen LogP contribution in [0, 0.1) is 38.2 Å². The number of ether oxygens (including phenoxy) is 1. The second-order valence-corrected chi connectivity index (χ2v) is 13.4. The highest BCUT2D eigenvalue weighted by atomic mass is 32.2. The third kappa shape index (κ3) is 5.48. The fraction of sp³-hybridized carbons (Fsp3) is 0.556. The van der Waals surface area contributed by atoms with Crippen molar-refractivity contribution in [1.29, 1.82) is 0 Å². The minimum Gasteiger partial charge on any atom is -0.395 e. The topological polar surface area (TPSA) is 147 Å². The van der Waals surface area contributed by atoms with Crippen molar-refractivity contribution in [2.75, 3.05) is 25.6 Å². The Balaban J connectivity index is 1.52. The molecule has 2 aromatic heterocycles. The van der Waals surface area contributed by atoms with Crippen LogP contribution in [-0.4, -0.2) is 94.0 Å². The monoisotopic (exact) mass is 597 g/mol. The summed E-state index contributed by atoms with van der Waals surface area (Å²) in [5, 5.41) is 52.0. The predicted octanol–water partition coefficient (Wildman–Crippen LogP) is 2.00. The van der Waals surface area contributed by atoms with Crippen molar-refractivity contribution < 1.29 is 38.3 Å². The number of hydrogen-bond donors (Lipinski definition) is 5. The number of hydrogen-bond acceptors (Lipinski definition) is 9. The lowest BCUT2D eigenvalue weighted by molar-refractivity contribution is -0.0665. The Morgan fingerprint density at radius 2 is 1.68 bits per heavy atom. The van der Waals surface area contributed by atoms with E-state index in [1.165, 1.54) is 10.9 Å². The highest BCUT2D eigenvalue weighted by Crippen LogP contribution is 2.59. The molecule has 3 aromatic rings. The Bertz CT molecular complexity index is 1400. The first-order valence-electron chi connectivity index (χ1n) is 13.4. The van der Waals surface area contributed by atoms with E-state index in [0.717, 1.165) is 17.8 Å². The van der Waals surface area contributed by atoms with Gasteiger partial charge in [0.2, 0.25) is 0 Å². The van der Waals surface area contributed by atoms with Crippen LogP contribution in [0.25, 0.3) is 11.3 Å². The molecule has 0 radical (unpaired) electrons. The Morgan fingerprint density at radius 3 is 2.32 bits per heavy atom. The summed E-state index contributed by atoms with van der Waals surface area (Å²) in [4.78, 5) is 9.45. The second-order valence-electron chi connectivity index (χ2n) is 10.8. The Kier molecular flexibility index (Phi) is 8.43. The number of thiol groups is 1. The van der Waals surface area contributed by atoms with Gasteiger partial charge in [-0.25, -0.2) is 28.7 Å². The predicted molar refractivity (Wildman–Crippen MR) is 145 cm³/mol. The molecule has 0 spiro atoms. The first kappa shape index (κ1) is 29.9. The maximum atomic E-state index is 13.8. The Morgan fingerprint density at radius 1 is 1.05 bits per heavy atom. The zero-order valence-electron chi connectivity index (χ0n) is 22.9. The molecule has 0 saturated carbocycles. The van der Waals surface area contributed by atoms with Crippen LogP contribution in [0.5, 0.6) is 0 Å². The van der Waals surface area contributed by atoms with Crippen molar-refractivity contribution in [3.63, 3.8) is 0 Å². The summed E-state index contributed by atoms with van der Waals surface area (Å²) in [5.41, 5.74) is 1.32. The molecular formula is C27H34F3N5O5S. The number of halogens is 3. The lowest BCUT2D eigenvalue weighted by Gasteiger charge is -2.52. The molecule has 2 aliphatic rings. The van der Waals surface area contributed by atoms with Crippen LogP contribution in [0.4, 0.5) is 13.2 Å². The number of aromatic nitrogens is 5. The summed E-state index contributed by atoms with van der Waals surface area (Å²) in [6.45, 7) is 5.71. The van der Waals surface area contributed by atoms with Crippen LogP contribution >= 0.6 is 10.9 Å². The van der Waals surface area contributed by atoms with Gasteiger partial charge in [0.25, 0.3) is 0 Å². The van der Waals surface area contributed by atoms with Gasteiger partial charge in [-0.1, -0.05) is 5.21 Å². The highest BCUT2D eigenvalue weighted by Gasteiger charge is 2.52. The SMILES string of the molecule is Cc1nc(C)c([C@@H]([SH]2C[C@H](O)[C@H](n3cc(-c4cc(F)c(F)c(F)c4)nn3)[C@@H](O)[C@H]2CO)C2(O)CCOCC2)nc1C. The minimum atomic E-state index is -1.61. The van der Waals surface area contributed by atoms with E-state index in [0.29, 0.717) is 43.1 Å². The van der Waals surface area contributed by atoms with Gasteiger partial charge in [-0.3, -0.25) is 9.97 Å². The normalized spacial score (nSPS) is 28.0.